The zero-order valence-electron chi connectivity index (χ0n) is 6.80. The third-order valence-corrected chi connectivity index (χ3v) is 3.77. The molecule has 2 aliphatic carbocycles. The van der Waals surface area contributed by atoms with Crippen LogP contribution in [0.5, 0.6) is 0 Å². The van der Waals surface area contributed by atoms with Gasteiger partial charge in [0.15, 0.2) is 0 Å². The molecule has 2 saturated carbocycles. The molecule has 58 valence electrons. The Labute approximate surface area is 62.4 Å². The maximum Gasteiger partial charge on any atom is 0.0576 e. The summed E-state index contributed by atoms with van der Waals surface area (Å²) in [5, 5.41) is 9.51. The zero-order valence-corrected chi connectivity index (χ0v) is 6.80. The third-order valence-electron chi connectivity index (χ3n) is 3.77. The molecule has 0 heterocycles. The van der Waals surface area contributed by atoms with Crippen molar-refractivity contribution in [2.45, 2.75) is 39.2 Å². The van der Waals surface area contributed by atoms with Crippen molar-refractivity contribution < 1.29 is 5.11 Å². The van der Waals surface area contributed by atoms with Crippen LogP contribution in [0, 0.1) is 17.3 Å². The molecule has 1 N–H and O–H groups in total. The Kier molecular flexibility index (Phi) is 1.17. The summed E-state index contributed by atoms with van der Waals surface area (Å²) in [5.41, 5.74) is 0.550. The molecular formula is C9H16O. The molecule has 0 aromatic rings. The second-order valence-corrected chi connectivity index (χ2v) is 4.15. The van der Waals surface area contributed by atoms with E-state index >= 15 is 0 Å². The summed E-state index contributed by atoms with van der Waals surface area (Å²) < 4.78 is 0. The van der Waals surface area contributed by atoms with E-state index in [1.54, 1.807) is 0 Å². The maximum atomic E-state index is 9.51. The van der Waals surface area contributed by atoms with Gasteiger partial charge < -0.3 is 5.11 Å². The molecular weight excluding hydrogens is 124 g/mol. The van der Waals surface area contributed by atoms with Gasteiger partial charge in [0.25, 0.3) is 0 Å². The van der Waals surface area contributed by atoms with Crippen LogP contribution in [0.4, 0.5) is 0 Å². The van der Waals surface area contributed by atoms with Gasteiger partial charge in [0.05, 0.1) is 6.10 Å². The lowest BCUT2D eigenvalue weighted by molar-refractivity contribution is 0.149. The van der Waals surface area contributed by atoms with E-state index in [-0.39, 0.29) is 6.10 Å². The van der Waals surface area contributed by atoms with E-state index in [9.17, 15) is 5.11 Å². The highest BCUT2D eigenvalue weighted by Crippen LogP contribution is 2.69. The van der Waals surface area contributed by atoms with Gasteiger partial charge in [-0.2, -0.15) is 0 Å². The van der Waals surface area contributed by atoms with Crippen molar-refractivity contribution in [3.05, 3.63) is 0 Å². The van der Waals surface area contributed by atoms with E-state index in [1.807, 2.05) is 0 Å². The summed E-state index contributed by atoms with van der Waals surface area (Å²) in [6, 6.07) is 0. The first-order valence-electron chi connectivity index (χ1n) is 4.38. The van der Waals surface area contributed by atoms with Crippen LogP contribution in [0.25, 0.3) is 0 Å². The quantitative estimate of drug-likeness (QED) is 0.589. The number of rotatable bonds is 1. The van der Waals surface area contributed by atoms with Crippen LogP contribution in [0.1, 0.15) is 33.1 Å². The summed E-state index contributed by atoms with van der Waals surface area (Å²) >= 11 is 0. The minimum absolute atomic E-state index is 0.0370. The predicted molar refractivity (Wildman–Crippen MR) is 40.6 cm³/mol. The second kappa shape index (κ2) is 1.76. The zero-order chi connectivity index (χ0) is 7.35. The average molecular weight is 140 g/mol. The Balaban J connectivity index is 2.11. The van der Waals surface area contributed by atoms with Crippen LogP contribution in [0.2, 0.25) is 0 Å². The van der Waals surface area contributed by atoms with Gasteiger partial charge in [-0.25, -0.2) is 0 Å². The van der Waals surface area contributed by atoms with Crippen molar-refractivity contribution in [3.63, 3.8) is 0 Å². The van der Waals surface area contributed by atoms with E-state index in [4.69, 9.17) is 0 Å². The smallest absolute Gasteiger partial charge is 0.0576 e. The van der Waals surface area contributed by atoms with E-state index < -0.39 is 0 Å². The van der Waals surface area contributed by atoms with Crippen LogP contribution in [-0.2, 0) is 0 Å². The molecule has 0 bridgehead atoms. The van der Waals surface area contributed by atoms with E-state index in [2.05, 4.69) is 13.8 Å². The monoisotopic (exact) mass is 140 g/mol. The molecule has 2 aliphatic rings. The SMILES string of the molecule is CCC1[C@H]2[C@H](O)CC[C@@]12C. The average Bonchev–Trinajstić information content (AvgIpc) is 2.41. The van der Waals surface area contributed by atoms with E-state index in [1.165, 1.54) is 12.8 Å². The third kappa shape index (κ3) is 0.572. The van der Waals surface area contributed by atoms with Gasteiger partial charge in [-0.15, -0.1) is 0 Å². The molecule has 10 heavy (non-hydrogen) atoms. The Morgan fingerprint density at radius 1 is 1.60 bits per heavy atom. The summed E-state index contributed by atoms with van der Waals surface area (Å²) in [6.45, 7) is 4.57. The molecule has 1 nitrogen and oxygen atoms in total. The minimum atomic E-state index is 0.0370. The van der Waals surface area contributed by atoms with Crippen LogP contribution in [0.3, 0.4) is 0 Å². The van der Waals surface area contributed by atoms with Gasteiger partial charge in [-0.3, -0.25) is 0 Å². The van der Waals surface area contributed by atoms with Gasteiger partial charge in [-0.05, 0) is 30.1 Å². The van der Waals surface area contributed by atoms with Crippen molar-refractivity contribution in [1.82, 2.24) is 0 Å². The van der Waals surface area contributed by atoms with Gasteiger partial charge in [0.1, 0.15) is 0 Å². The fourth-order valence-corrected chi connectivity index (χ4v) is 3.12. The van der Waals surface area contributed by atoms with Gasteiger partial charge in [0.2, 0.25) is 0 Å². The topological polar surface area (TPSA) is 20.2 Å². The molecule has 2 fully saturated rings. The minimum Gasteiger partial charge on any atom is -0.393 e. The Bertz CT molecular complexity index is 155. The molecule has 1 heteroatoms. The summed E-state index contributed by atoms with van der Waals surface area (Å²) in [7, 11) is 0. The first-order valence-corrected chi connectivity index (χ1v) is 4.38. The molecule has 0 saturated heterocycles. The maximum absolute atomic E-state index is 9.51. The highest BCUT2D eigenvalue weighted by Gasteiger charge is 2.65. The second-order valence-electron chi connectivity index (χ2n) is 4.15. The summed E-state index contributed by atoms with van der Waals surface area (Å²) in [5.74, 6) is 1.51. The lowest BCUT2D eigenvalue weighted by atomic mass is 10.0. The number of aliphatic hydroxyl groups is 1. The lowest BCUT2D eigenvalue weighted by Gasteiger charge is -2.06. The highest BCUT2D eigenvalue weighted by molar-refractivity contribution is 5.14. The molecule has 0 aromatic heterocycles. The molecule has 2 rings (SSSR count). The largest absolute Gasteiger partial charge is 0.393 e. The molecule has 1 unspecified atom stereocenters. The summed E-state index contributed by atoms with van der Waals surface area (Å²) in [4.78, 5) is 0. The summed E-state index contributed by atoms with van der Waals surface area (Å²) in [6.07, 6.45) is 3.61. The van der Waals surface area contributed by atoms with E-state index in [0.29, 0.717) is 11.3 Å². The first-order chi connectivity index (χ1) is 4.70. The molecule has 0 radical (unpaired) electrons. The molecule has 0 aromatic carbocycles. The van der Waals surface area contributed by atoms with Gasteiger partial charge in [0, 0.05) is 0 Å². The van der Waals surface area contributed by atoms with Crippen molar-refractivity contribution >= 4 is 0 Å². The number of hydrogen-bond acceptors (Lipinski definition) is 1. The van der Waals surface area contributed by atoms with Gasteiger partial charge >= 0.3 is 0 Å². The number of aliphatic hydroxyl groups excluding tert-OH is 1. The first kappa shape index (κ1) is 6.66. The van der Waals surface area contributed by atoms with Crippen molar-refractivity contribution in [3.8, 4) is 0 Å². The lowest BCUT2D eigenvalue weighted by Crippen LogP contribution is -2.06. The number of hydrogen-bond donors (Lipinski definition) is 1. The normalized spacial score (nSPS) is 58.5. The number of fused-ring (bicyclic) bond motifs is 1. The fraction of sp³-hybridized carbons (Fsp3) is 1.00. The van der Waals surface area contributed by atoms with Crippen LogP contribution in [0.15, 0.2) is 0 Å². The Morgan fingerprint density at radius 2 is 2.30 bits per heavy atom. The van der Waals surface area contributed by atoms with Crippen LogP contribution >= 0.6 is 0 Å². The fourth-order valence-electron chi connectivity index (χ4n) is 3.12. The predicted octanol–water partition coefficient (Wildman–Crippen LogP) is 1.80. The molecule has 4 atom stereocenters. The standard InChI is InChI=1S/C9H16O/c1-3-6-8-7(10)4-5-9(6,8)2/h6-8,10H,3-5H2,1-2H3/t6?,7-,8+,9+/m1/s1. The highest BCUT2D eigenvalue weighted by atomic mass is 16.3. The molecule has 0 aliphatic heterocycles. The molecule has 0 spiro atoms. The van der Waals surface area contributed by atoms with Gasteiger partial charge in [-0.1, -0.05) is 20.3 Å². The Morgan fingerprint density at radius 3 is 2.60 bits per heavy atom. The van der Waals surface area contributed by atoms with Crippen molar-refractivity contribution in [1.29, 1.82) is 0 Å². The Hall–Kier alpha value is -0.0400. The molecule has 0 amide bonds. The van der Waals surface area contributed by atoms with Crippen LogP contribution < -0.4 is 0 Å². The van der Waals surface area contributed by atoms with Crippen LogP contribution in [-0.4, -0.2) is 11.2 Å². The van der Waals surface area contributed by atoms with Crippen molar-refractivity contribution in [2.24, 2.45) is 17.3 Å². The van der Waals surface area contributed by atoms with E-state index in [0.717, 1.165) is 12.3 Å². The van der Waals surface area contributed by atoms with Crippen molar-refractivity contribution in [2.75, 3.05) is 0 Å².